The molecule has 0 saturated carbocycles. The monoisotopic (exact) mass is 247 g/mol. The van der Waals surface area contributed by atoms with Gasteiger partial charge in [0, 0.05) is 11.6 Å². The van der Waals surface area contributed by atoms with Crippen molar-refractivity contribution in [3.8, 4) is 0 Å². The van der Waals surface area contributed by atoms with Crippen LogP contribution in [0.3, 0.4) is 0 Å². The highest BCUT2D eigenvalue weighted by Crippen LogP contribution is 2.48. The van der Waals surface area contributed by atoms with Gasteiger partial charge in [-0.15, -0.1) is 0 Å². The van der Waals surface area contributed by atoms with Crippen molar-refractivity contribution in [2.45, 2.75) is 51.3 Å². The minimum absolute atomic E-state index is 0.251. The summed E-state index contributed by atoms with van der Waals surface area (Å²) in [6.07, 6.45) is 1.02. The van der Waals surface area contributed by atoms with E-state index in [-0.39, 0.29) is 11.5 Å². The first kappa shape index (κ1) is 13.6. The Kier molecular flexibility index (Phi) is 3.28. The Labute approximate surface area is 111 Å². The molecule has 1 aliphatic rings. The van der Waals surface area contributed by atoms with Crippen molar-refractivity contribution in [3.63, 3.8) is 0 Å². The zero-order valence-corrected chi connectivity index (χ0v) is 12.1. The highest BCUT2D eigenvalue weighted by molar-refractivity contribution is 5.29. The highest BCUT2D eigenvalue weighted by atomic mass is 16.3. The van der Waals surface area contributed by atoms with Gasteiger partial charge in [-0.1, -0.05) is 37.3 Å². The predicted molar refractivity (Wildman–Crippen MR) is 75.4 cm³/mol. The molecule has 1 aromatic rings. The van der Waals surface area contributed by atoms with Gasteiger partial charge in [-0.2, -0.15) is 0 Å². The normalized spacial score (nSPS) is 36.6. The van der Waals surface area contributed by atoms with E-state index in [1.54, 1.807) is 0 Å². The van der Waals surface area contributed by atoms with E-state index in [9.17, 15) is 5.11 Å². The molecule has 0 radical (unpaired) electrons. The molecule has 0 bridgehead atoms. The number of rotatable bonds is 1. The molecule has 3 atom stereocenters. The number of piperidine rings is 1. The average Bonchev–Trinajstić information content (AvgIpc) is 2.35. The maximum Gasteiger partial charge on any atom is 0.110 e. The lowest BCUT2D eigenvalue weighted by Gasteiger charge is -2.58. The molecule has 18 heavy (non-hydrogen) atoms. The highest BCUT2D eigenvalue weighted by Gasteiger charge is 2.55. The van der Waals surface area contributed by atoms with Gasteiger partial charge in [-0.25, -0.2) is 0 Å². The Morgan fingerprint density at radius 3 is 2.28 bits per heavy atom. The van der Waals surface area contributed by atoms with Crippen molar-refractivity contribution in [1.29, 1.82) is 0 Å². The van der Waals surface area contributed by atoms with Gasteiger partial charge in [0.2, 0.25) is 0 Å². The molecule has 1 aliphatic heterocycles. The molecule has 2 heteroatoms. The number of benzene rings is 1. The number of likely N-dealkylation sites (N-methyl/N-ethyl adjacent to an activating group) is 1. The van der Waals surface area contributed by atoms with E-state index in [0.29, 0.717) is 6.04 Å². The van der Waals surface area contributed by atoms with Gasteiger partial charge in [0.25, 0.3) is 0 Å². The molecule has 0 amide bonds. The largest absolute Gasteiger partial charge is 0.383 e. The van der Waals surface area contributed by atoms with E-state index in [1.807, 2.05) is 30.3 Å². The van der Waals surface area contributed by atoms with Crippen molar-refractivity contribution >= 4 is 0 Å². The van der Waals surface area contributed by atoms with Crippen LogP contribution in [0.15, 0.2) is 30.3 Å². The fraction of sp³-hybridized carbons (Fsp3) is 0.625. The van der Waals surface area contributed by atoms with Gasteiger partial charge in [0.15, 0.2) is 0 Å². The zero-order valence-electron chi connectivity index (χ0n) is 12.1. The van der Waals surface area contributed by atoms with E-state index in [1.165, 1.54) is 0 Å². The second-order valence-corrected chi connectivity index (χ2v) is 6.29. The molecule has 2 rings (SSSR count). The quantitative estimate of drug-likeness (QED) is 0.824. The van der Waals surface area contributed by atoms with Gasteiger partial charge < -0.3 is 5.11 Å². The first-order chi connectivity index (χ1) is 8.31. The van der Waals surface area contributed by atoms with Gasteiger partial charge in [0.05, 0.1) is 0 Å². The number of aliphatic hydroxyl groups is 1. The Morgan fingerprint density at radius 1 is 1.17 bits per heavy atom. The third-order valence-electron chi connectivity index (χ3n) is 5.10. The lowest BCUT2D eigenvalue weighted by molar-refractivity contribution is -0.175. The van der Waals surface area contributed by atoms with Crippen LogP contribution in [-0.4, -0.2) is 28.6 Å². The topological polar surface area (TPSA) is 23.5 Å². The standard InChI is InChI=1S/C16H25NO/c1-12-11-13(2)17(5)15(3,4)16(12,18)14-9-7-6-8-10-14/h6-10,12-13,18H,11H2,1-5H3/t12-,13+,16+/m0/s1. The predicted octanol–water partition coefficient (Wildman–Crippen LogP) is 3.01. The molecule has 1 aromatic carbocycles. The van der Waals surface area contributed by atoms with E-state index in [0.717, 1.165) is 12.0 Å². The average molecular weight is 247 g/mol. The van der Waals surface area contributed by atoms with E-state index in [2.05, 4.69) is 39.6 Å². The molecule has 1 heterocycles. The van der Waals surface area contributed by atoms with Gasteiger partial charge in [-0.05, 0) is 45.7 Å². The SMILES string of the molecule is C[C@@H]1C[C@H](C)[C@@](O)(c2ccccc2)C(C)(C)N1C. The minimum atomic E-state index is -0.796. The fourth-order valence-electron chi connectivity index (χ4n) is 3.59. The van der Waals surface area contributed by atoms with Crippen LogP contribution in [0.2, 0.25) is 0 Å². The maximum atomic E-state index is 11.4. The van der Waals surface area contributed by atoms with Crippen LogP contribution in [-0.2, 0) is 5.60 Å². The summed E-state index contributed by atoms with van der Waals surface area (Å²) in [5.41, 5.74) is -0.0396. The summed E-state index contributed by atoms with van der Waals surface area (Å²) >= 11 is 0. The van der Waals surface area contributed by atoms with Crippen LogP contribution < -0.4 is 0 Å². The van der Waals surface area contributed by atoms with Crippen LogP contribution in [0.4, 0.5) is 0 Å². The molecule has 0 aromatic heterocycles. The second kappa shape index (κ2) is 4.36. The number of hydrogen-bond donors (Lipinski definition) is 1. The van der Waals surface area contributed by atoms with Crippen molar-refractivity contribution in [2.24, 2.45) is 5.92 Å². The van der Waals surface area contributed by atoms with Crippen molar-refractivity contribution in [3.05, 3.63) is 35.9 Å². The summed E-state index contributed by atoms with van der Waals surface area (Å²) in [7, 11) is 2.12. The number of likely N-dealkylation sites (tertiary alicyclic amines) is 1. The molecule has 1 saturated heterocycles. The van der Waals surface area contributed by atoms with Crippen LogP contribution in [0.5, 0.6) is 0 Å². The molecule has 1 N–H and O–H groups in total. The minimum Gasteiger partial charge on any atom is -0.383 e. The third-order valence-corrected chi connectivity index (χ3v) is 5.10. The summed E-state index contributed by atoms with van der Waals surface area (Å²) in [6, 6.07) is 10.6. The maximum absolute atomic E-state index is 11.4. The van der Waals surface area contributed by atoms with Gasteiger partial charge >= 0.3 is 0 Å². The van der Waals surface area contributed by atoms with E-state index in [4.69, 9.17) is 0 Å². The summed E-state index contributed by atoms with van der Waals surface area (Å²) in [5.74, 6) is 0.251. The first-order valence-electron chi connectivity index (χ1n) is 6.82. The van der Waals surface area contributed by atoms with E-state index < -0.39 is 5.60 Å². The van der Waals surface area contributed by atoms with Crippen LogP contribution in [0.1, 0.15) is 39.7 Å². The Balaban J connectivity index is 2.53. The van der Waals surface area contributed by atoms with Gasteiger partial charge in [0.1, 0.15) is 5.60 Å². The molecule has 1 fully saturated rings. The first-order valence-corrected chi connectivity index (χ1v) is 6.82. The van der Waals surface area contributed by atoms with E-state index >= 15 is 0 Å². The molecule has 0 unspecified atom stereocenters. The Morgan fingerprint density at radius 2 is 1.72 bits per heavy atom. The molecule has 0 aliphatic carbocycles. The zero-order chi connectivity index (χ0) is 13.6. The van der Waals surface area contributed by atoms with Crippen molar-refractivity contribution < 1.29 is 5.11 Å². The van der Waals surface area contributed by atoms with Crippen molar-refractivity contribution in [2.75, 3.05) is 7.05 Å². The summed E-state index contributed by atoms with van der Waals surface area (Å²) in [4.78, 5) is 2.31. The van der Waals surface area contributed by atoms with Crippen molar-refractivity contribution in [1.82, 2.24) is 4.90 Å². The summed E-state index contributed by atoms with van der Waals surface area (Å²) < 4.78 is 0. The summed E-state index contributed by atoms with van der Waals surface area (Å²) in [5, 5.41) is 11.4. The van der Waals surface area contributed by atoms with Crippen LogP contribution >= 0.6 is 0 Å². The van der Waals surface area contributed by atoms with Crippen LogP contribution in [0.25, 0.3) is 0 Å². The Hall–Kier alpha value is -0.860. The van der Waals surface area contributed by atoms with Gasteiger partial charge in [-0.3, -0.25) is 4.90 Å². The lowest BCUT2D eigenvalue weighted by atomic mass is 9.64. The lowest BCUT2D eigenvalue weighted by Crippen LogP contribution is -2.66. The molecular weight excluding hydrogens is 222 g/mol. The molecule has 100 valence electrons. The number of hydrogen-bond acceptors (Lipinski definition) is 2. The second-order valence-electron chi connectivity index (χ2n) is 6.29. The third kappa shape index (κ3) is 1.70. The Bertz CT molecular complexity index is 414. The summed E-state index contributed by atoms with van der Waals surface area (Å²) in [6.45, 7) is 8.69. The smallest absolute Gasteiger partial charge is 0.110 e. The fourth-order valence-corrected chi connectivity index (χ4v) is 3.59. The molecule has 2 nitrogen and oxygen atoms in total. The molecule has 0 spiro atoms. The molecular formula is C16H25NO. The number of nitrogens with zero attached hydrogens (tertiary/aromatic N) is 1. The van der Waals surface area contributed by atoms with Crippen LogP contribution in [0, 0.1) is 5.92 Å².